The van der Waals surface area contributed by atoms with Crippen LogP contribution in [-0.4, -0.2) is 33.2 Å². The quantitative estimate of drug-likeness (QED) is 0.628. The molecule has 1 aliphatic rings. The maximum atomic E-state index is 12.7. The van der Waals surface area contributed by atoms with Crippen molar-refractivity contribution in [2.45, 2.75) is 19.4 Å². The summed E-state index contributed by atoms with van der Waals surface area (Å²) in [4.78, 5) is 35.8. The van der Waals surface area contributed by atoms with Gasteiger partial charge in [-0.05, 0) is 41.3 Å². The molecule has 3 aromatic heterocycles. The molecule has 2 amide bonds. The number of nitrogens with zero attached hydrogens (tertiary/aromatic N) is 4. The molecule has 0 saturated carbocycles. The van der Waals surface area contributed by atoms with Gasteiger partial charge in [-0.15, -0.1) is 11.3 Å². The molecule has 31 heavy (non-hydrogen) atoms. The third kappa shape index (κ3) is 4.85. The van der Waals surface area contributed by atoms with Crippen LogP contribution in [0.15, 0.2) is 55.1 Å². The van der Waals surface area contributed by atoms with Crippen LogP contribution in [0.4, 0.5) is 5.00 Å². The number of pyridine rings is 2. The lowest BCUT2D eigenvalue weighted by atomic mass is 10.0. The molecule has 8 heteroatoms. The monoisotopic (exact) mass is 429 g/mol. The molecule has 1 N–H and O–H groups in total. The summed E-state index contributed by atoms with van der Waals surface area (Å²) in [6, 6.07) is 9.55. The van der Waals surface area contributed by atoms with Crippen molar-refractivity contribution in [3.8, 4) is 6.07 Å². The largest absolute Gasteiger partial charge is 0.337 e. The molecule has 3 aromatic rings. The third-order valence-electron chi connectivity index (χ3n) is 4.95. The summed E-state index contributed by atoms with van der Waals surface area (Å²) < 4.78 is 0. The number of carbonyl (C=O) groups excluding carboxylic acids is 2. The lowest BCUT2D eigenvalue weighted by molar-refractivity contribution is -0.131. The highest BCUT2D eigenvalue weighted by Gasteiger charge is 2.27. The predicted octanol–water partition coefficient (Wildman–Crippen LogP) is 3.19. The minimum atomic E-state index is -0.316. The molecule has 0 aromatic carbocycles. The fourth-order valence-corrected chi connectivity index (χ4v) is 4.63. The van der Waals surface area contributed by atoms with Gasteiger partial charge in [0, 0.05) is 42.3 Å². The highest BCUT2D eigenvalue weighted by Crippen LogP contribution is 2.36. The van der Waals surface area contributed by atoms with Crippen LogP contribution in [0.2, 0.25) is 0 Å². The van der Waals surface area contributed by atoms with E-state index in [9.17, 15) is 14.9 Å². The summed E-state index contributed by atoms with van der Waals surface area (Å²) in [5, 5.41) is 13.0. The number of thiophene rings is 1. The molecule has 0 radical (unpaired) electrons. The van der Waals surface area contributed by atoms with E-state index in [0.717, 1.165) is 21.6 Å². The van der Waals surface area contributed by atoms with Crippen LogP contribution in [0, 0.1) is 11.3 Å². The van der Waals surface area contributed by atoms with Gasteiger partial charge in [-0.25, -0.2) is 0 Å². The van der Waals surface area contributed by atoms with Gasteiger partial charge in [-0.2, -0.15) is 5.26 Å². The molecule has 0 spiro atoms. The van der Waals surface area contributed by atoms with Gasteiger partial charge in [0.15, 0.2) is 0 Å². The van der Waals surface area contributed by atoms with Crippen molar-refractivity contribution in [1.29, 1.82) is 5.26 Å². The third-order valence-corrected chi connectivity index (χ3v) is 6.08. The van der Waals surface area contributed by atoms with Crippen molar-refractivity contribution in [2.75, 3.05) is 11.9 Å². The van der Waals surface area contributed by atoms with Gasteiger partial charge < -0.3 is 10.2 Å². The van der Waals surface area contributed by atoms with Crippen LogP contribution >= 0.6 is 11.3 Å². The van der Waals surface area contributed by atoms with Crippen molar-refractivity contribution in [2.24, 2.45) is 0 Å². The average molecular weight is 430 g/mol. The van der Waals surface area contributed by atoms with Crippen molar-refractivity contribution in [3.05, 3.63) is 82.3 Å². The van der Waals surface area contributed by atoms with Crippen LogP contribution in [0.1, 0.15) is 27.1 Å². The fraction of sp³-hybridized carbons (Fsp3) is 0.174. The van der Waals surface area contributed by atoms with E-state index in [4.69, 9.17) is 0 Å². The number of anilines is 1. The van der Waals surface area contributed by atoms with E-state index in [0.29, 0.717) is 36.5 Å². The number of nitriles is 1. The van der Waals surface area contributed by atoms with E-state index < -0.39 is 0 Å². The molecule has 0 unspecified atom stereocenters. The smallest absolute Gasteiger partial charge is 0.249 e. The molecule has 7 nitrogen and oxygen atoms in total. The zero-order valence-electron chi connectivity index (χ0n) is 16.6. The Morgan fingerprint density at radius 1 is 1.23 bits per heavy atom. The Labute approximate surface area is 183 Å². The lowest BCUT2D eigenvalue weighted by Crippen LogP contribution is -2.36. The van der Waals surface area contributed by atoms with E-state index >= 15 is 0 Å². The highest BCUT2D eigenvalue weighted by molar-refractivity contribution is 7.16. The molecule has 0 aliphatic carbocycles. The number of nitrogens with one attached hydrogen (secondary N) is 1. The molecule has 0 bridgehead atoms. The molecule has 0 saturated heterocycles. The summed E-state index contributed by atoms with van der Waals surface area (Å²) in [6.07, 6.45) is 10.7. The second-order valence-corrected chi connectivity index (χ2v) is 8.14. The van der Waals surface area contributed by atoms with Gasteiger partial charge in [0.1, 0.15) is 11.1 Å². The summed E-state index contributed by atoms with van der Waals surface area (Å²) in [5.41, 5.74) is 3.09. The van der Waals surface area contributed by atoms with Crippen molar-refractivity contribution in [1.82, 2.24) is 14.9 Å². The molecule has 0 fully saturated rings. The van der Waals surface area contributed by atoms with Crippen LogP contribution in [0.25, 0.3) is 6.08 Å². The zero-order valence-corrected chi connectivity index (χ0v) is 17.4. The van der Waals surface area contributed by atoms with Gasteiger partial charge in [-0.3, -0.25) is 19.6 Å². The van der Waals surface area contributed by atoms with Gasteiger partial charge in [0.2, 0.25) is 11.8 Å². The predicted molar refractivity (Wildman–Crippen MR) is 118 cm³/mol. The molecule has 4 rings (SSSR count). The van der Waals surface area contributed by atoms with Crippen molar-refractivity contribution in [3.63, 3.8) is 0 Å². The number of hydrogen-bond acceptors (Lipinski definition) is 6. The first-order chi connectivity index (χ1) is 15.1. The van der Waals surface area contributed by atoms with Crippen molar-refractivity contribution < 1.29 is 9.59 Å². The molecule has 4 heterocycles. The summed E-state index contributed by atoms with van der Waals surface area (Å²) >= 11 is 1.36. The van der Waals surface area contributed by atoms with Crippen LogP contribution in [0.3, 0.4) is 0 Å². The Morgan fingerprint density at radius 3 is 2.74 bits per heavy atom. The zero-order chi connectivity index (χ0) is 21.6. The number of amides is 2. The molecule has 0 atom stereocenters. The SMILES string of the molecule is N#Cc1c(NC(=O)/C=C/c2cccnc2)sc2c1CCN(C(=O)Cc1cccnc1)C2. The summed E-state index contributed by atoms with van der Waals surface area (Å²) in [7, 11) is 0. The van der Waals surface area contributed by atoms with E-state index in [-0.39, 0.29) is 11.8 Å². The molecule has 1 aliphatic heterocycles. The first kappa shape index (κ1) is 20.4. The van der Waals surface area contributed by atoms with Crippen LogP contribution in [0.5, 0.6) is 0 Å². The van der Waals surface area contributed by atoms with E-state index in [1.54, 1.807) is 41.8 Å². The average Bonchev–Trinajstić information content (AvgIpc) is 3.15. The number of aromatic nitrogens is 2. The Bertz CT molecular complexity index is 1170. The standard InChI is InChI=1S/C23H19N5O2S/c24-12-19-18-7-10-28(22(30)11-17-4-2-9-26-14-17)15-20(18)31-23(19)27-21(29)6-5-16-3-1-8-25-13-16/h1-6,8-9,13-14H,7,10-11,15H2,(H,27,29)/b6-5+. The second kappa shape index (κ2) is 9.32. The Hall–Kier alpha value is -3.83. The van der Waals surface area contributed by atoms with Gasteiger partial charge in [0.25, 0.3) is 0 Å². The first-order valence-electron chi connectivity index (χ1n) is 9.74. The van der Waals surface area contributed by atoms with E-state index in [1.807, 2.05) is 18.2 Å². The minimum absolute atomic E-state index is 0.0237. The fourth-order valence-electron chi connectivity index (χ4n) is 3.41. The normalized spacial score (nSPS) is 12.9. The Kier molecular flexibility index (Phi) is 6.15. The second-order valence-electron chi connectivity index (χ2n) is 7.03. The van der Waals surface area contributed by atoms with E-state index in [2.05, 4.69) is 21.4 Å². The number of hydrogen-bond donors (Lipinski definition) is 1. The maximum absolute atomic E-state index is 12.7. The summed E-state index contributed by atoms with van der Waals surface area (Å²) in [5.74, 6) is -0.293. The first-order valence-corrected chi connectivity index (χ1v) is 10.6. The van der Waals surface area contributed by atoms with Crippen LogP contribution in [-0.2, 0) is 29.0 Å². The number of fused-ring (bicyclic) bond motifs is 1. The Morgan fingerprint density at radius 2 is 2.03 bits per heavy atom. The van der Waals surface area contributed by atoms with Gasteiger partial charge in [0.05, 0.1) is 18.5 Å². The molecular formula is C23H19N5O2S. The van der Waals surface area contributed by atoms with Crippen molar-refractivity contribution >= 4 is 34.2 Å². The lowest BCUT2D eigenvalue weighted by Gasteiger charge is -2.27. The Balaban J connectivity index is 1.45. The van der Waals surface area contributed by atoms with Crippen LogP contribution < -0.4 is 5.32 Å². The number of rotatable bonds is 5. The topological polar surface area (TPSA) is 99.0 Å². The highest BCUT2D eigenvalue weighted by atomic mass is 32.1. The minimum Gasteiger partial charge on any atom is -0.337 e. The van der Waals surface area contributed by atoms with Gasteiger partial charge >= 0.3 is 0 Å². The van der Waals surface area contributed by atoms with E-state index in [1.165, 1.54) is 17.4 Å². The molecular weight excluding hydrogens is 410 g/mol. The molecule has 154 valence electrons. The maximum Gasteiger partial charge on any atom is 0.249 e. The summed E-state index contributed by atoms with van der Waals surface area (Å²) in [6.45, 7) is 0.987. The number of carbonyl (C=O) groups is 2. The van der Waals surface area contributed by atoms with Gasteiger partial charge in [-0.1, -0.05) is 12.1 Å².